The summed E-state index contributed by atoms with van der Waals surface area (Å²) in [6, 6.07) is 12.8. The number of carboxylic acid groups (broad SMARTS) is 1. The molecule has 3 atom stereocenters. The molecule has 1 unspecified atom stereocenters. The van der Waals surface area contributed by atoms with Gasteiger partial charge in [-0.05, 0) is 106 Å². The lowest BCUT2D eigenvalue weighted by Gasteiger charge is -2.39. The molecule has 1 heterocycles. The summed E-state index contributed by atoms with van der Waals surface area (Å²) < 4.78 is 11.7. The van der Waals surface area contributed by atoms with E-state index in [0.29, 0.717) is 43.9 Å². The number of ether oxygens (including phenoxy) is 2. The number of nitrogens with zero attached hydrogens (tertiary/aromatic N) is 1. The largest absolute Gasteiger partial charge is 0.482 e. The van der Waals surface area contributed by atoms with E-state index in [9.17, 15) is 14.4 Å². The lowest BCUT2D eigenvalue weighted by atomic mass is 9.77. The van der Waals surface area contributed by atoms with Crippen molar-refractivity contribution in [3.8, 4) is 5.75 Å². The van der Waals surface area contributed by atoms with Gasteiger partial charge in [0.15, 0.2) is 6.61 Å². The lowest BCUT2D eigenvalue weighted by molar-refractivity contribution is -0.164. The summed E-state index contributed by atoms with van der Waals surface area (Å²) in [6.45, 7) is 8.20. The maximum Gasteiger partial charge on any atom is 0.341 e. The zero-order valence-electron chi connectivity index (χ0n) is 25.8. The van der Waals surface area contributed by atoms with Crippen LogP contribution in [0.25, 0.3) is 0 Å². The van der Waals surface area contributed by atoms with Gasteiger partial charge >= 0.3 is 11.9 Å². The van der Waals surface area contributed by atoms with Crippen LogP contribution in [0.4, 0.5) is 0 Å². The van der Waals surface area contributed by atoms with Crippen LogP contribution in [0.3, 0.4) is 0 Å². The fraction of sp³-hybridized carbons (Fsp3) is 0.528. The highest BCUT2D eigenvalue weighted by Crippen LogP contribution is 2.35. The van der Waals surface area contributed by atoms with Gasteiger partial charge in [0, 0.05) is 12.5 Å². The molecule has 7 heteroatoms. The number of esters is 1. The van der Waals surface area contributed by atoms with E-state index in [4.69, 9.17) is 14.6 Å². The summed E-state index contributed by atoms with van der Waals surface area (Å²) in [7, 11) is 0. The maximum atomic E-state index is 14.0. The Morgan fingerprint density at radius 2 is 1.77 bits per heavy atom. The van der Waals surface area contributed by atoms with Gasteiger partial charge < -0.3 is 19.5 Å². The molecular formula is C36H47NO6. The van der Waals surface area contributed by atoms with Crippen LogP contribution >= 0.6 is 0 Å². The number of allylic oxidation sites excluding steroid dienone is 1. The molecule has 1 amide bonds. The number of amides is 1. The molecule has 1 aliphatic carbocycles. The first-order valence-corrected chi connectivity index (χ1v) is 15.9. The van der Waals surface area contributed by atoms with Gasteiger partial charge in [-0.25, -0.2) is 9.59 Å². The second-order valence-electron chi connectivity index (χ2n) is 12.2. The Kier molecular flexibility index (Phi) is 11.8. The van der Waals surface area contributed by atoms with Crippen molar-refractivity contribution in [2.24, 2.45) is 11.8 Å². The Hall–Kier alpha value is -3.61. The lowest BCUT2D eigenvalue weighted by Crippen LogP contribution is -2.52. The monoisotopic (exact) mass is 589 g/mol. The van der Waals surface area contributed by atoms with Gasteiger partial charge in [-0.15, -0.1) is 6.58 Å². The molecule has 2 aromatic carbocycles. The normalized spacial score (nSPS) is 18.8. The fourth-order valence-electron chi connectivity index (χ4n) is 6.58. The molecular weight excluding hydrogens is 542 g/mol. The van der Waals surface area contributed by atoms with Gasteiger partial charge in [0.2, 0.25) is 5.91 Å². The SMILES string of the molecule is C=CC[C@@H](C(=O)N1CCCC[C@H]1C(=O)OC(CCc1ccc(C)c(C)c1)c1cccc(OCC(=O)O)c1)C1CCCCC1. The van der Waals surface area contributed by atoms with Crippen LogP contribution in [-0.4, -0.2) is 47.0 Å². The summed E-state index contributed by atoms with van der Waals surface area (Å²) in [5.41, 5.74) is 4.32. The van der Waals surface area contributed by atoms with Gasteiger partial charge in [-0.2, -0.15) is 0 Å². The Balaban J connectivity index is 1.55. The van der Waals surface area contributed by atoms with Gasteiger partial charge in [-0.1, -0.05) is 55.7 Å². The molecule has 1 N–H and O–H groups in total. The van der Waals surface area contributed by atoms with Crippen LogP contribution in [0.15, 0.2) is 55.1 Å². The topological polar surface area (TPSA) is 93.1 Å². The van der Waals surface area contributed by atoms with Gasteiger partial charge in [0.05, 0.1) is 0 Å². The Morgan fingerprint density at radius 3 is 2.49 bits per heavy atom. The molecule has 2 aromatic rings. The maximum absolute atomic E-state index is 14.0. The molecule has 0 spiro atoms. The van der Waals surface area contributed by atoms with Crippen molar-refractivity contribution in [3.05, 3.63) is 77.4 Å². The van der Waals surface area contributed by atoms with Gasteiger partial charge in [0.1, 0.15) is 17.9 Å². The molecule has 4 rings (SSSR count). The first kappa shape index (κ1) is 32.3. The number of piperidine rings is 1. The summed E-state index contributed by atoms with van der Waals surface area (Å²) in [5.74, 6) is -0.790. The highest BCUT2D eigenvalue weighted by molar-refractivity contribution is 5.86. The van der Waals surface area contributed by atoms with E-state index in [1.54, 1.807) is 23.1 Å². The molecule has 0 radical (unpaired) electrons. The molecule has 1 saturated carbocycles. The van der Waals surface area contributed by atoms with Crippen molar-refractivity contribution in [1.82, 2.24) is 4.90 Å². The minimum Gasteiger partial charge on any atom is -0.482 e. The number of rotatable bonds is 13. The second kappa shape index (κ2) is 15.7. The van der Waals surface area contributed by atoms with Crippen molar-refractivity contribution in [1.29, 1.82) is 0 Å². The van der Waals surface area contributed by atoms with E-state index >= 15 is 0 Å². The third kappa shape index (κ3) is 8.94. The minimum atomic E-state index is -1.06. The zero-order chi connectivity index (χ0) is 30.8. The molecule has 2 aliphatic rings. The predicted molar refractivity (Wildman–Crippen MR) is 167 cm³/mol. The van der Waals surface area contributed by atoms with Crippen LogP contribution in [0.5, 0.6) is 5.75 Å². The first-order chi connectivity index (χ1) is 20.8. The van der Waals surface area contributed by atoms with E-state index in [-0.39, 0.29) is 17.8 Å². The van der Waals surface area contributed by atoms with Crippen molar-refractivity contribution >= 4 is 17.8 Å². The number of carbonyl (C=O) groups excluding carboxylic acids is 2. The molecule has 43 heavy (non-hydrogen) atoms. The Bertz CT molecular complexity index is 1270. The highest BCUT2D eigenvalue weighted by atomic mass is 16.5. The average Bonchev–Trinajstić information content (AvgIpc) is 3.02. The van der Waals surface area contributed by atoms with Crippen LogP contribution in [-0.2, 0) is 25.5 Å². The third-order valence-corrected chi connectivity index (χ3v) is 9.13. The van der Waals surface area contributed by atoms with Crippen LogP contribution in [0.1, 0.15) is 92.6 Å². The number of benzene rings is 2. The van der Waals surface area contributed by atoms with Crippen molar-refractivity contribution in [2.45, 2.75) is 96.6 Å². The molecule has 1 aliphatic heterocycles. The molecule has 2 fully saturated rings. The van der Waals surface area contributed by atoms with E-state index in [1.807, 2.05) is 12.1 Å². The number of carboxylic acids is 1. The number of aryl methyl sites for hydroxylation is 3. The molecule has 7 nitrogen and oxygen atoms in total. The van der Waals surface area contributed by atoms with E-state index in [2.05, 4.69) is 38.6 Å². The summed E-state index contributed by atoms with van der Waals surface area (Å²) in [6.07, 6.45) is 11.1. The smallest absolute Gasteiger partial charge is 0.341 e. The van der Waals surface area contributed by atoms with E-state index in [1.165, 1.54) is 17.5 Å². The van der Waals surface area contributed by atoms with Crippen LogP contribution in [0, 0.1) is 25.7 Å². The van der Waals surface area contributed by atoms with Crippen molar-refractivity contribution in [2.75, 3.05) is 13.2 Å². The third-order valence-electron chi connectivity index (χ3n) is 9.13. The Morgan fingerprint density at radius 1 is 1.00 bits per heavy atom. The fourth-order valence-corrected chi connectivity index (χ4v) is 6.58. The minimum absolute atomic E-state index is 0.0594. The van der Waals surface area contributed by atoms with Crippen molar-refractivity contribution in [3.63, 3.8) is 0 Å². The first-order valence-electron chi connectivity index (χ1n) is 15.9. The van der Waals surface area contributed by atoms with E-state index < -0.39 is 24.7 Å². The standard InChI is InChI=1S/C36H47NO6/c1-4-11-31(28-12-6-5-7-13-28)35(40)37-21-9-8-16-32(37)36(41)43-33(20-19-27-18-17-25(2)26(3)22-27)29-14-10-15-30(23-29)42-24-34(38)39/h4,10,14-15,17-18,22-23,28,31-33H,1,5-9,11-13,16,19-21,24H2,2-3H3,(H,38,39)/t31-,32+,33?/m1/s1. The molecule has 0 bridgehead atoms. The van der Waals surface area contributed by atoms with Crippen molar-refractivity contribution < 1.29 is 29.0 Å². The predicted octanol–water partition coefficient (Wildman–Crippen LogP) is 7.14. The summed E-state index contributed by atoms with van der Waals surface area (Å²) >= 11 is 0. The zero-order valence-corrected chi connectivity index (χ0v) is 25.8. The van der Waals surface area contributed by atoms with E-state index in [0.717, 1.165) is 49.7 Å². The van der Waals surface area contributed by atoms with Crippen LogP contribution in [0.2, 0.25) is 0 Å². The highest BCUT2D eigenvalue weighted by Gasteiger charge is 2.39. The number of likely N-dealkylation sites (tertiary alicyclic amines) is 1. The molecule has 232 valence electrons. The quantitative estimate of drug-likeness (QED) is 0.197. The Labute approximate surface area is 256 Å². The van der Waals surface area contributed by atoms with Crippen LogP contribution < -0.4 is 4.74 Å². The summed E-state index contributed by atoms with van der Waals surface area (Å²) in [5, 5.41) is 9.06. The number of carbonyl (C=O) groups is 3. The van der Waals surface area contributed by atoms with Gasteiger partial charge in [-0.3, -0.25) is 4.79 Å². The molecule has 0 aromatic heterocycles. The second-order valence-corrected chi connectivity index (χ2v) is 12.2. The summed E-state index contributed by atoms with van der Waals surface area (Å²) in [4.78, 5) is 40.8. The molecule has 1 saturated heterocycles. The van der Waals surface area contributed by atoms with Gasteiger partial charge in [0.25, 0.3) is 0 Å². The number of hydrogen-bond donors (Lipinski definition) is 1. The number of hydrogen-bond acceptors (Lipinski definition) is 5. The number of aliphatic carboxylic acids is 1. The average molecular weight is 590 g/mol.